The Kier molecular flexibility index (Phi) is 4.24. The van der Waals surface area contributed by atoms with E-state index in [9.17, 15) is 4.79 Å². The fourth-order valence-electron chi connectivity index (χ4n) is 1.19. The van der Waals surface area contributed by atoms with Crippen LogP contribution in [0.1, 0.15) is 40.1 Å². The van der Waals surface area contributed by atoms with Crippen molar-refractivity contribution in [2.24, 2.45) is 0 Å². The van der Waals surface area contributed by atoms with Gasteiger partial charge in [-0.05, 0) is 6.92 Å². The molecular formula is C12H18N2OS. The lowest BCUT2D eigenvalue weighted by Crippen LogP contribution is -2.02. The molecule has 0 aromatic carbocycles. The Hall–Kier alpha value is -1.16. The van der Waals surface area contributed by atoms with Gasteiger partial charge in [0.05, 0.1) is 15.6 Å². The zero-order chi connectivity index (χ0) is 12.3. The van der Waals surface area contributed by atoms with Crippen molar-refractivity contribution >= 4 is 17.1 Å². The summed E-state index contributed by atoms with van der Waals surface area (Å²) in [6.07, 6.45) is 3.35. The van der Waals surface area contributed by atoms with Crippen molar-refractivity contribution in [1.82, 2.24) is 9.88 Å². The van der Waals surface area contributed by atoms with Crippen molar-refractivity contribution in [2.75, 3.05) is 14.1 Å². The zero-order valence-corrected chi connectivity index (χ0v) is 11.3. The van der Waals surface area contributed by atoms with Gasteiger partial charge in [0.2, 0.25) is 0 Å². The number of allylic oxidation sites excluding steroid dienone is 1. The number of nitrogens with zero attached hydrogens (tertiary/aromatic N) is 2. The SMILES string of the molecule is Cc1nc(C(C)C)sc1C(=O)C=CN(C)C. The van der Waals surface area contributed by atoms with Gasteiger partial charge >= 0.3 is 0 Å². The van der Waals surface area contributed by atoms with Crippen LogP contribution in [0.15, 0.2) is 12.3 Å². The second-order valence-corrected chi connectivity index (χ2v) is 5.30. The number of thiazole rings is 1. The van der Waals surface area contributed by atoms with Crippen molar-refractivity contribution in [1.29, 1.82) is 0 Å². The van der Waals surface area contributed by atoms with Crippen LogP contribution in [-0.2, 0) is 0 Å². The Bertz CT molecular complexity index is 405. The maximum absolute atomic E-state index is 11.9. The molecule has 0 amide bonds. The number of hydrogen-bond donors (Lipinski definition) is 0. The number of hydrogen-bond acceptors (Lipinski definition) is 4. The van der Waals surface area contributed by atoms with Crippen molar-refractivity contribution in [2.45, 2.75) is 26.7 Å². The molecule has 0 saturated heterocycles. The third-order valence-electron chi connectivity index (χ3n) is 2.05. The van der Waals surface area contributed by atoms with Gasteiger partial charge in [-0.1, -0.05) is 13.8 Å². The molecule has 0 radical (unpaired) electrons. The smallest absolute Gasteiger partial charge is 0.199 e. The topological polar surface area (TPSA) is 33.2 Å². The molecular weight excluding hydrogens is 220 g/mol. The maximum Gasteiger partial charge on any atom is 0.199 e. The average Bonchev–Trinajstić information content (AvgIpc) is 2.57. The van der Waals surface area contributed by atoms with E-state index in [1.54, 1.807) is 12.3 Å². The minimum Gasteiger partial charge on any atom is -0.383 e. The molecule has 0 aliphatic carbocycles. The van der Waals surface area contributed by atoms with E-state index < -0.39 is 0 Å². The normalized spacial score (nSPS) is 11.4. The highest BCUT2D eigenvalue weighted by Gasteiger charge is 2.14. The molecule has 88 valence electrons. The zero-order valence-electron chi connectivity index (χ0n) is 10.4. The van der Waals surface area contributed by atoms with E-state index in [0.29, 0.717) is 5.92 Å². The predicted octanol–water partition coefficient (Wildman–Crippen LogP) is 2.83. The van der Waals surface area contributed by atoms with Crippen LogP contribution in [-0.4, -0.2) is 29.8 Å². The van der Waals surface area contributed by atoms with Gasteiger partial charge in [-0.2, -0.15) is 0 Å². The molecule has 0 fully saturated rings. The molecule has 1 rings (SSSR count). The number of carbonyl (C=O) groups is 1. The van der Waals surface area contributed by atoms with Crippen LogP contribution in [0.4, 0.5) is 0 Å². The Morgan fingerprint density at radius 2 is 2.06 bits per heavy atom. The van der Waals surface area contributed by atoms with Crippen LogP contribution in [0.25, 0.3) is 0 Å². The van der Waals surface area contributed by atoms with E-state index in [0.717, 1.165) is 15.6 Å². The molecule has 0 atom stereocenters. The highest BCUT2D eigenvalue weighted by molar-refractivity contribution is 7.14. The lowest BCUT2D eigenvalue weighted by molar-refractivity contribution is 0.104. The summed E-state index contributed by atoms with van der Waals surface area (Å²) < 4.78 is 0. The van der Waals surface area contributed by atoms with Gasteiger partial charge < -0.3 is 4.90 Å². The van der Waals surface area contributed by atoms with Crippen molar-refractivity contribution in [3.05, 3.63) is 27.9 Å². The Labute approximate surface area is 101 Å². The summed E-state index contributed by atoms with van der Waals surface area (Å²) in [5.41, 5.74) is 0.835. The van der Waals surface area contributed by atoms with Crippen LogP contribution in [0, 0.1) is 6.92 Å². The van der Waals surface area contributed by atoms with Gasteiger partial charge in [0.15, 0.2) is 5.78 Å². The Morgan fingerprint density at radius 3 is 2.50 bits per heavy atom. The first kappa shape index (κ1) is 12.9. The summed E-state index contributed by atoms with van der Waals surface area (Å²) in [6, 6.07) is 0. The first-order valence-electron chi connectivity index (χ1n) is 5.28. The van der Waals surface area contributed by atoms with E-state index in [-0.39, 0.29) is 5.78 Å². The molecule has 0 aliphatic rings. The number of ketones is 1. The van der Waals surface area contributed by atoms with Gasteiger partial charge in [-0.15, -0.1) is 11.3 Å². The molecule has 0 N–H and O–H groups in total. The number of aromatic nitrogens is 1. The van der Waals surface area contributed by atoms with Crippen LogP contribution in [0.5, 0.6) is 0 Å². The van der Waals surface area contributed by atoms with Crippen LogP contribution >= 0.6 is 11.3 Å². The fraction of sp³-hybridized carbons (Fsp3) is 0.500. The minimum absolute atomic E-state index is 0.0376. The van der Waals surface area contributed by atoms with Crippen LogP contribution in [0.3, 0.4) is 0 Å². The number of carbonyl (C=O) groups excluding carboxylic acids is 1. The largest absolute Gasteiger partial charge is 0.383 e. The van der Waals surface area contributed by atoms with Gasteiger partial charge in [0, 0.05) is 32.3 Å². The summed E-state index contributed by atoms with van der Waals surface area (Å²) in [5, 5.41) is 1.03. The molecule has 16 heavy (non-hydrogen) atoms. The molecule has 3 nitrogen and oxygen atoms in total. The lowest BCUT2D eigenvalue weighted by Gasteiger charge is -2.01. The fourth-order valence-corrected chi connectivity index (χ4v) is 2.17. The molecule has 1 aromatic rings. The van der Waals surface area contributed by atoms with E-state index in [4.69, 9.17) is 0 Å². The van der Waals surface area contributed by atoms with Crippen LogP contribution < -0.4 is 0 Å². The molecule has 1 aromatic heterocycles. The van der Waals surface area contributed by atoms with Gasteiger partial charge in [0.25, 0.3) is 0 Å². The molecule has 0 unspecified atom stereocenters. The van der Waals surface area contributed by atoms with E-state index in [1.807, 2.05) is 25.9 Å². The lowest BCUT2D eigenvalue weighted by atomic mass is 10.2. The van der Waals surface area contributed by atoms with E-state index in [1.165, 1.54) is 11.3 Å². The standard InChI is InChI=1S/C12H18N2OS/c1-8(2)12-13-9(3)11(16-12)10(15)6-7-14(4)5/h6-8H,1-5H3. The summed E-state index contributed by atoms with van der Waals surface area (Å²) in [4.78, 5) is 18.9. The molecule has 1 heterocycles. The molecule has 0 bridgehead atoms. The number of aryl methyl sites for hydroxylation is 1. The summed E-state index contributed by atoms with van der Waals surface area (Å²) in [7, 11) is 3.78. The van der Waals surface area contributed by atoms with Crippen LogP contribution in [0.2, 0.25) is 0 Å². The maximum atomic E-state index is 11.9. The van der Waals surface area contributed by atoms with E-state index >= 15 is 0 Å². The highest BCUT2D eigenvalue weighted by Crippen LogP contribution is 2.25. The summed E-state index contributed by atoms with van der Waals surface area (Å²) >= 11 is 1.50. The molecule has 4 heteroatoms. The first-order valence-corrected chi connectivity index (χ1v) is 6.09. The quantitative estimate of drug-likeness (QED) is 0.597. The van der Waals surface area contributed by atoms with Gasteiger partial charge in [-0.3, -0.25) is 4.79 Å². The summed E-state index contributed by atoms with van der Waals surface area (Å²) in [5.74, 6) is 0.415. The first-order chi connectivity index (χ1) is 7.41. The molecule has 0 aliphatic heterocycles. The summed E-state index contributed by atoms with van der Waals surface area (Å²) in [6.45, 7) is 6.06. The predicted molar refractivity (Wildman–Crippen MR) is 68.1 cm³/mol. The average molecular weight is 238 g/mol. The van der Waals surface area contributed by atoms with Gasteiger partial charge in [0.1, 0.15) is 0 Å². The third kappa shape index (κ3) is 3.17. The number of rotatable bonds is 4. The van der Waals surface area contributed by atoms with Gasteiger partial charge in [-0.25, -0.2) is 4.98 Å². The minimum atomic E-state index is 0.0376. The molecule has 0 saturated carbocycles. The Morgan fingerprint density at radius 1 is 1.44 bits per heavy atom. The van der Waals surface area contributed by atoms with Crippen molar-refractivity contribution in [3.63, 3.8) is 0 Å². The Balaban J connectivity index is 2.92. The highest BCUT2D eigenvalue weighted by atomic mass is 32.1. The van der Waals surface area contributed by atoms with Crippen molar-refractivity contribution < 1.29 is 4.79 Å². The van der Waals surface area contributed by atoms with Crippen molar-refractivity contribution in [3.8, 4) is 0 Å². The van der Waals surface area contributed by atoms with E-state index in [2.05, 4.69) is 18.8 Å². The monoisotopic (exact) mass is 238 g/mol. The third-order valence-corrected chi connectivity index (χ3v) is 3.53. The second kappa shape index (κ2) is 5.25. The molecule has 0 spiro atoms. The second-order valence-electron chi connectivity index (χ2n) is 4.26.